The number of hydrogen-bond acceptors (Lipinski definition) is 2. The Labute approximate surface area is 143 Å². The van der Waals surface area contributed by atoms with Crippen molar-refractivity contribution >= 4 is 11.0 Å². The highest BCUT2D eigenvalue weighted by Crippen LogP contribution is 2.36. The van der Waals surface area contributed by atoms with E-state index in [2.05, 4.69) is 4.98 Å². The van der Waals surface area contributed by atoms with Crippen LogP contribution in [0.1, 0.15) is 55.2 Å². The summed E-state index contributed by atoms with van der Waals surface area (Å²) < 4.78 is 46.6. The molecule has 1 aliphatic rings. The van der Waals surface area contributed by atoms with Crippen LogP contribution in [0.4, 0.5) is 13.2 Å². The first-order valence-corrected chi connectivity index (χ1v) is 8.62. The van der Waals surface area contributed by atoms with Crippen molar-refractivity contribution in [2.45, 2.75) is 50.7 Å². The van der Waals surface area contributed by atoms with Gasteiger partial charge >= 0.3 is 6.18 Å². The number of nitrogens with zero attached hydrogens (tertiary/aromatic N) is 2. The second kappa shape index (κ2) is 6.24. The van der Waals surface area contributed by atoms with Crippen molar-refractivity contribution in [2.75, 3.05) is 0 Å². The van der Waals surface area contributed by atoms with E-state index in [1.807, 2.05) is 16.7 Å². The molecule has 0 spiro atoms. The Kier molecular flexibility index (Phi) is 4.06. The van der Waals surface area contributed by atoms with Gasteiger partial charge in [-0.1, -0.05) is 19.3 Å². The van der Waals surface area contributed by atoms with Crippen LogP contribution in [0.3, 0.4) is 0 Å². The zero-order valence-electron chi connectivity index (χ0n) is 13.7. The summed E-state index contributed by atoms with van der Waals surface area (Å²) in [4.78, 5) is 4.61. The molecule has 1 fully saturated rings. The fraction of sp³-hybridized carbons (Fsp3) is 0.421. The first-order chi connectivity index (χ1) is 12.0. The van der Waals surface area contributed by atoms with Crippen LogP contribution >= 0.6 is 0 Å². The van der Waals surface area contributed by atoms with E-state index in [0.717, 1.165) is 54.9 Å². The number of aromatic nitrogens is 2. The molecule has 0 bridgehead atoms. The van der Waals surface area contributed by atoms with Crippen molar-refractivity contribution in [3.8, 4) is 0 Å². The topological polar surface area (TPSA) is 31.0 Å². The molecule has 0 saturated heterocycles. The summed E-state index contributed by atoms with van der Waals surface area (Å²) >= 11 is 0. The lowest BCUT2D eigenvalue weighted by Crippen LogP contribution is -2.12. The first-order valence-electron chi connectivity index (χ1n) is 8.62. The second-order valence-electron chi connectivity index (χ2n) is 6.67. The molecule has 4 rings (SSSR count). The molecule has 1 aromatic carbocycles. The van der Waals surface area contributed by atoms with Gasteiger partial charge in [-0.05, 0) is 43.2 Å². The molecule has 25 heavy (non-hydrogen) atoms. The number of rotatable bonds is 3. The summed E-state index contributed by atoms with van der Waals surface area (Å²) in [6.45, 7) is 0.487. The number of imidazole rings is 1. The van der Waals surface area contributed by atoms with E-state index in [1.54, 1.807) is 6.26 Å². The number of fused-ring (bicyclic) bond motifs is 1. The zero-order valence-corrected chi connectivity index (χ0v) is 13.7. The van der Waals surface area contributed by atoms with Crippen LogP contribution in [0.5, 0.6) is 0 Å². The second-order valence-corrected chi connectivity index (χ2v) is 6.67. The van der Waals surface area contributed by atoms with E-state index in [9.17, 15) is 13.2 Å². The van der Waals surface area contributed by atoms with Crippen LogP contribution in [0.15, 0.2) is 41.0 Å². The van der Waals surface area contributed by atoms with Crippen molar-refractivity contribution < 1.29 is 17.6 Å². The van der Waals surface area contributed by atoms with Gasteiger partial charge < -0.3 is 8.98 Å². The fourth-order valence-electron chi connectivity index (χ4n) is 3.72. The molecule has 2 heterocycles. The first kappa shape index (κ1) is 16.2. The van der Waals surface area contributed by atoms with Crippen molar-refractivity contribution in [3.63, 3.8) is 0 Å². The molecule has 2 aromatic heterocycles. The zero-order chi connectivity index (χ0) is 17.4. The highest BCUT2D eigenvalue weighted by Gasteiger charge is 2.31. The molecule has 0 radical (unpaired) electrons. The molecule has 0 unspecified atom stereocenters. The summed E-state index contributed by atoms with van der Waals surface area (Å²) in [7, 11) is 0. The molecular formula is C19H19F3N2O. The van der Waals surface area contributed by atoms with E-state index < -0.39 is 11.7 Å². The Morgan fingerprint density at radius 2 is 1.92 bits per heavy atom. The van der Waals surface area contributed by atoms with Crippen LogP contribution in [0.2, 0.25) is 0 Å². The lowest BCUT2D eigenvalue weighted by Gasteiger charge is -2.22. The van der Waals surface area contributed by atoms with Gasteiger partial charge in [0.05, 0.1) is 29.4 Å². The monoisotopic (exact) mass is 348 g/mol. The summed E-state index contributed by atoms with van der Waals surface area (Å²) in [5, 5.41) is 0. The highest BCUT2D eigenvalue weighted by atomic mass is 19.4. The lowest BCUT2D eigenvalue weighted by molar-refractivity contribution is -0.137. The van der Waals surface area contributed by atoms with Crippen molar-refractivity contribution in [2.24, 2.45) is 0 Å². The number of alkyl halides is 3. The Hall–Kier alpha value is -2.24. The van der Waals surface area contributed by atoms with E-state index in [1.165, 1.54) is 12.5 Å². The third-order valence-corrected chi connectivity index (χ3v) is 4.97. The number of hydrogen-bond donors (Lipinski definition) is 0. The van der Waals surface area contributed by atoms with Gasteiger partial charge in [0.1, 0.15) is 11.6 Å². The minimum Gasteiger partial charge on any atom is -0.467 e. The van der Waals surface area contributed by atoms with E-state index >= 15 is 0 Å². The summed E-state index contributed by atoms with van der Waals surface area (Å²) in [5.41, 5.74) is 0.477. The minimum absolute atomic E-state index is 0.297. The third-order valence-electron chi connectivity index (χ3n) is 4.97. The third kappa shape index (κ3) is 3.17. The van der Waals surface area contributed by atoms with Crippen molar-refractivity contribution in [1.29, 1.82) is 0 Å². The average Bonchev–Trinajstić information content (AvgIpc) is 3.23. The van der Waals surface area contributed by atoms with Gasteiger partial charge in [0.25, 0.3) is 0 Å². The Morgan fingerprint density at radius 3 is 2.60 bits per heavy atom. The molecule has 3 nitrogen and oxygen atoms in total. The summed E-state index contributed by atoms with van der Waals surface area (Å²) in [6.07, 6.45) is 2.82. The molecule has 1 aliphatic carbocycles. The van der Waals surface area contributed by atoms with Gasteiger partial charge in [-0.3, -0.25) is 0 Å². The molecule has 0 amide bonds. The van der Waals surface area contributed by atoms with Gasteiger partial charge in [0.15, 0.2) is 0 Å². The summed E-state index contributed by atoms with van der Waals surface area (Å²) in [5.74, 6) is 1.95. The molecule has 3 aromatic rings. The van der Waals surface area contributed by atoms with Gasteiger partial charge in [-0.25, -0.2) is 4.98 Å². The van der Waals surface area contributed by atoms with Crippen molar-refractivity contribution in [3.05, 3.63) is 53.7 Å². The standard InChI is InChI=1S/C19H19F3N2O/c20-19(21,22)14-8-9-17-16(11-14)23-18(13-5-2-1-3-6-13)24(17)12-15-7-4-10-25-15/h4,7-11,13H,1-3,5-6,12H2. The van der Waals surface area contributed by atoms with Crippen LogP contribution in [-0.2, 0) is 12.7 Å². The normalized spacial score (nSPS) is 16.6. The van der Waals surface area contributed by atoms with E-state index in [-0.39, 0.29) is 0 Å². The van der Waals surface area contributed by atoms with E-state index in [0.29, 0.717) is 18.0 Å². The van der Waals surface area contributed by atoms with E-state index in [4.69, 9.17) is 4.42 Å². The molecule has 6 heteroatoms. The smallest absolute Gasteiger partial charge is 0.416 e. The fourth-order valence-corrected chi connectivity index (χ4v) is 3.72. The Bertz CT molecular complexity index is 859. The maximum Gasteiger partial charge on any atom is 0.416 e. The van der Waals surface area contributed by atoms with Gasteiger partial charge in [-0.15, -0.1) is 0 Å². The SMILES string of the molecule is FC(F)(F)c1ccc2c(c1)nc(C1CCCCC1)n2Cc1ccco1. The lowest BCUT2D eigenvalue weighted by atomic mass is 9.88. The molecular weight excluding hydrogens is 329 g/mol. The predicted octanol–water partition coefficient (Wildman–Crippen LogP) is 5.74. The van der Waals surface area contributed by atoms with Gasteiger partial charge in [0.2, 0.25) is 0 Å². The molecule has 0 aliphatic heterocycles. The van der Waals surface area contributed by atoms with Crippen LogP contribution in [0, 0.1) is 0 Å². The van der Waals surface area contributed by atoms with Crippen LogP contribution < -0.4 is 0 Å². The quantitative estimate of drug-likeness (QED) is 0.604. The highest BCUT2D eigenvalue weighted by molar-refractivity contribution is 5.77. The predicted molar refractivity (Wildman–Crippen MR) is 88.4 cm³/mol. The summed E-state index contributed by atoms with van der Waals surface area (Å²) in [6, 6.07) is 7.51. The Morgan fingerprint density at radius 1 is 1.12 bits per heavy atom. The molecule has 0 atom stereocenters. The molecule has 0 N–H and O–H groups in total. The van der Waals surface area contributed by atoms with Gasteiger partial charge in [0, 0.05) is 5.92 Å². The molecule has 132 valence electrons. The largest absolute Gasteiger partial charge is 0.467 e. The Balaban J connectivity index is 1.82. The molecule has 1 saturated carbocycles. The number of furan rings is 1. The number of halogens is 3. The maximum absolute atomic E-state index is 13.0. The average molecular weight is 348 g/mol. The van der Waals surface area contributed by atoms with Gasteiger partial charge in [-0.2, -0.15) is 13.2 Å². The minimum atomic E-state index is -4.36. The number of benzene rings is 1. The van der Waals surface area contributed by atoms with Crippen LogP contribution in [-0.4, -0.2) is 9.55 Å². The van der Waals surface area contributed by atoms with Crippen molar-refractivity contribution in [1.82, 2.24) is 9.55 Å². The maximum atomic E-state index is 13.0. The van der Waals surface area contributed by atoms with Crippen LogP contribution in [0.25, 0.3) is 11.0 Å².